The van der Waals surface area contributed by atoms with Gasteiger partial charge in [0.05, 0.1) is 12.9 Å². The molecule has 1 saturated heterocycles. The number of ether oxygens (including phenoxy) is 1. The fourth-order valence-electron chi connectivity index (χ4n) is 2.86. The highest BCUT2D eigenvalue weighted by Crippen LogP contribution is 2.12. The third-order valence-electron chi connectivity index (χ3n) is 4.39. The molecule has 3 rings (SSSR count). The lowest BCUT2D eigenvalue weighted by Crippen LogP contribution is -2.39. The zero-order valence-electron chi connectivity index (χ0n) is 15.3. The lowest BCUT2D eigenvalue weighted by molar-refractivity contribution is 0.187. The average Bonchev–Trinajstić information content (AvgIpc) is 3.35. The summed E-state index contributed by atoms with van der Waals surface area (Å²) in [6, 6.07) is 10.5. The third-order valence-corrected chi connectivity index (χ3v) is 4.39. The highest BCUT2D eigenvalue weighted by atomic mass is 127. The molecule has 1 aromatic carbocycles. The van der Waals surface area contributed by atoms with E-state index >= 15 is 0 Å². The summed E-state index contributed by atoms with van der Waals surface area (Å²) in [6.45, 7) is 3.86. The maximum atomic E-state index is 13.0. The molecular weight excluding hydrogens is 460 g/mol. The Kier molecular flexibility index (Phi) is 9.61. The Hall–Kier alpha value is -1.61. The summed E-state index contributed by atoms with van der Waals surface area (Å²) in [5.74, 6) is 2.04. The van der Waals surface area contributed by atoms with Gasteiger partial charge in [0.25, 0.3) is 0 Å². The van der Waals surface area contributed by atoms with Crippen LogP contribution < -0.4 is 10.6 Å². The van der Waals surface area contributed by atoms with Crippen molar-refractivity contribution in [2.75, 3.05) is 32.8 Å². The van der Waals surface area contributed by atoms with Crippen LogP contribution in [0.5, 0.6) is 0 Å². The lowest BCUT2D eigenvalue weighted by atomic mass is 10.1. The number of rotatable bonds is 8. The highest BCUT2D eigenvalue weighted by molar-refractivity contribution is 14.0. The van der Waals surface area contributed by atoms with Gasteiger partial charge >= 0.3 is 0 Å². The topological polar surface area (TPSA) is 58.8 Å². The van der Waals surface area contributed by atoms with Crippen molar-refractivity contribution in [1.82, 2.24) is 10.6 Å². The maximum Gasteiger partial charge on any atom is 0.191 e. The van der Waals surface area contributed by atoms with Gasteiger partial charge in [-0.1, -0.05) is 12.1 Å². The summed E-state index contributed by atoms with van der Waals surface area (Å²) in [5, 5.41) is 6.72. The van der Waals surface area contributed by atoms with Gasteiger partial charge in [0.1, 0.15) is 11.6 Å². The van der Waals surface area contributed by atoms with Crippen molar-refractivity contribution in [3.05, 3.63) is 59.8 Å². The molecule has 0 aliphatic carbocycles. The Labute approximate surface area is 176 Å². The summed E-state index contributed by atoms with van der Waals surface area (Å²) < 4.78 is 23.8. The molecule has 0 spiro atoms. The van der Waals surface area contributed by atoms with Gasteiger partial charge in [-0.25, -0.2) is 4.39 Å². The molecule has 2 aromatic rings. The predicted molar refractivity (Wildman–Crippen MR) is 115 cm³/mol. The van der Waals surface area contributed by atoms with E-state index in [-0.39, 0.29) is 29.8 Å². The Morgan fingerprint density at radius 3 is 2.56 bits per heavy atom. The van der Waals surface area contributed by atoms with Crippen molar-refractivity contribution in [3.8, 4) is 0 Å². The Balaban J connectivity index is 0.00000261. The summed E-state index contributed by atoms with van der Waals surface area (Å²) >= 11 is 0. The number of guanidine groups is 1. The van der Waals surface area contributed by atoms with E-state index in [1.54, 1.807) is 6.26 Å². The summed E-state index contributed by atoms with van der Waals surface area (Å²) in [5.41, 5.74) is 1.10. The predicted octanol–water partition coefficient (Wildman–Crippen LogP) is 3.39. The largest absolute Gasteiger partial charge is 0.469 e. The SMILES string of the molecule is Fc1ccc(CCNC(=NCC2CCOC2)NCCc2ccco2)cc1.I. The minimum atomic E-state index is -0.206. The fraction of sp³-hybridized carbons (Fsp3) is 0.450. The quantitative estimate of drug-likeness (QED) is 0.341. The number of aliphatic imine (C=N–C) groups is 1. The van der Waals surface area contributed by atoms with Gasteiger partial charge in [0, 0.05) is 38.6 Å². The average molecular weight is 487 g/mol. The van der Waals surface area contributed by atoms with Crippen molar-refractivity contribution in [1.29, 1.82) is 0 Å². The minimum absolute atomic E-state index is 0. The number of nitrogens with zero attached hydrogens (tertiary/aromatic N) is 1. The van der Waals surface area contributed by atoms with Crippen LogP contribution in [0.15, 0.2) is 52.1 Å². The van der Waals surface area contributed by atoms with Crippen LogP contribution in [0.3, 0.4) is 0 Å². The number of furan rings is 1. The van der Waals surface area contributed by atoms with E-state index in [0.29, 0.717) is 5.92 Å². The smallest absolute Gasteiger partial charge is 0.191 e. The fourth-order valence-corrected chi connectivity index (χ4v) is 2.86. The normalized spacial score (nSPS) is 16.8. The maximum absolute atomic E-state index is 13.0. The number of hydrogen-bond donors (Lipinski definition) is 2. The first-order valence-electron chi connectivity index (χ1n) is 9.16. The molecule has 2 N–H and O–H groups in total. The molecule has 0 bridgehead atoms. The standard InChI is InChI=1S/C20H26FN3O2.HI/c21-18-5-3-16(4-6-18)7-10-22-20(24-14-17-9-13-25-15-17)23-11-8-19-2-1-12-26-19;/h1-6,12,17H,7-11,13-15H2,(H2,22,23,24);1H. The Morgan fingerprint density at radius 2 is 1.89 bits per heavy atom. The van der Waals surface area contributed by atoms with E-state index in [0.717, 1.165) is 69.4 Å². The first-order valence-corrected chi connectivity index (χ1v) is 9.16. The first-order chi connectivity index (χ1) is 12.8. The van der Waals surface area contributed by atoms with Gasteiger partial charge in [-0.05, 0) is 42.7 Å². The molecule has 27 heavy (non-hydrogen) atoms. The summed E-state index contributed by atoms with van der Waals surface area (Å²) in [6.07, 6.45) is 4.37. The molecule has 2 heterocycles. The number of benzene rings is 1. The third kappa shape index (κ3) is 7.88. The Morgan fingerprint density at radius 1 is 1.11 bits per heavy atom. The van der Waals surface area contributed by atoms with Crippen LogP contribution in [-0.4, -0.2) is 38.8 Å². The molecule has 1 unspecified atom stereocenters. The van der Waals surface area contributed by atoms with Gasteiger partial charge < -0.3 is 19.8 Å². The van der Waals surface area contributed by atoms with Gasteiger partial charge in [0.15, 0.2) is 5.96 Å². The minimum Gasteiger partial charge on any atom is -0.469 e. The second-order valence-corrected chi connectivity index (χ2v) is 6.48. The number of halogens is 2. The van der Waals surface area contributed by atoms with Crippen LogP contribution in [0, 0.1) is 11.7 Å². The number of nitrogens with one attached hydrogen (secondary N) is 2. The van der Waals surface area contributed by atoms with E-state index in [9.17, 15) is 4.39 Å². The van der Waals surface area contributed by atoms with E-state index in [1.807, 2.05) is 24.3 Å². The van der Waals surface area contributed by atoms with E-state index in [4.69, 9.17) is 14.1 Å². The van der Waals surface area contributed by atoms with Gasteiger partial charge in [-0.2, -0.15) is 0 Å². The molecule has 1 aliphatic rings. The molecular formula is C20H27FIN3O2. The van der Waals surface area contributed by atoms with E-state index in [2.05, 4.69) is 10.6 Å². The molecule has 1 fully saturated rings. The molecule has 5 nitrogen and oxygen atoms in total. The zero-order valence-corrected chi connectivity index (χ0v) is 17.7. The van der Waals surface area contributed by atoms with Crippen LogP contribution in [0.1, 0.15) is 17.7 Å². The van der Waals surface area contributed by atoms with Gasteiger partial charge in [-0.15, -0.1) is 24.0 Å². The number of hydrogen-bond acceptors (Lipinski definition) is 3. The highest BCUT2D eigenvalue weighted by Gasteiger charge is 2.15. The van der Waals surface area contributed by atoms with Crippen LogP contribution in [0.4, 0.5) is 4.39 Å². The monoisotopic (exact) mass is 487 g/mol. The Bertz CT molecular complexity index is 671. The molecule has 1 aromatic heterocycles. The first kappa shape index (κ1) is 21.7. The molecule has 1 atom stereocenters. The molecule has 0 amide bonds. The molecule has 0 saturated carbocycles. The lowest BCUT2D eigenvalue weighted by Gasteiger charge is -2.13. The molecule has 0 radical (unpaired) electrons. The van der Waals surface area contributed by atoms with Crippen LogP contribution >= 0.6 is 24.0 Å². The van der Waals surface area contributed by atoms with Crippen molar-refractivity contribution >= 4 is 29.9 Å². The van der Waals surface area contributed by atoms with Crippen LogP contribution in [0.2, 0.25) is 0 Å². The van der Waals surface area contributed by atoms with E-state index < -0.39 is 0 Å². The summed E-state index contributed by atoms with van der Waals surface area (Å²) in [4.78, 5) is 4.69. The van der Waals surface area contributed by atoms with Crippen LogP contribution in [0.25, 0.3) is 0 Å². The molecule has 7 heteroatoms. The van der Waals surface area contributed by atoms with Gasteiger partial charge in [-0.3, -0.25) is 4.99 Å². The molecule has 148 valence electrons. The second kappa shape index (κ2) is 12.0. The van der Waals surface area contributed by atoms with Gasteiger partial charge in [0.2, 0.25) is 0 Å². The summed E-state index contributed by atoms with van der Waals surface area (Å²) in [7, 11) is 0. The second-order valence-electron chi connectivity index (χ2n) is 6.48. The van der Waals surface area contributed by atoms with Crippen molar-refractivity contribution in [2.45, 2.75) is 19.3 Å². The van der Waals surface area contributed by atoms with Crippen molar-refractivity contribution in [2.24, 2.45) is 10.9 Å². The zero-order chi connectivity index (χ0) is 18.0. The van der Waals surface area contributed by atoms with Crippen molar-refractivity contribution in [3.63, 3.8) is 0 Å². The van der Waals surface area contributed by atoms with E-state index in [1.165, 1.54) is 12.1 Å². The molecule has 1 aliphatic heterocycles. The van der Waals surface area contributed by atoms with Crippen LogP contribution in [-0.2, 0) is 17.6 Å². The van der Waals surface area contributed by atoms with Crippen molar-refractivity contribution < 1.29 is 13.5 Å².